The van der Waals surface area contributed by atoms with Gasteiger partial charge in [0.1, 0.15) is 12.4 Å². The zero-order chi connectivity index (χ0) is 12.4. The Morgan fingerprint density at radius 2 is 2.18 bits per heavy atom. The van der Waals surface area contributed by atoms with Crippen LogP contribution in [0, 0.1) is 5.92 Å². The zero-order valence-corrected chi connectivity index (χ0v) is 10.2. The van der Waals surface area contributed by atoms with Crippen LogP contribution in [0.25, 0.3) is 0 Å². The summed E-state index contributed by atoms with van der Waals surface area (Å²) in [5.41, 5.74) is 7.63. The van der Waals surface area contributed by atoms with Crippen LogP contribution in [0.2, 0.25) is 0 Å². The van der Waals surface area contributed by atoms with Gasteiger partial charge in [-0.1, -0.05) is 19.9 Å². The molecule has 1 atom stereocenters. The van der Waals surface area contributed by atoms with E-state index in [9.17, 15) is 4.79 Å². The van der Waals surface area contributed by atoms with Gasteiger partial charge in [-0.15, -0.1) is 0 Å². The number of nitrogens with one attached hydrogen (secondary N) is 1. The van der Waals surface area contributed by atoms with E-state index in [4.69, 9.17) is 10.5 Å². The Bertz CT molecular complexity index is 429. The number of hydrogen-bond donors (Lipinski definition) is 2. The first-order valence-electron chi connectivity index (χ1n) is 5.90. The Morgan fingerprint density at radius 1 is 1.41 bits per heavy atom. The lowest BCUT2D eigenvalue weighted by Gasteiger charge is -2.17. The molecular weight excluding hydrogens is 216 g/mol. The highest BCUT2D eigenvalue weighted by Gasteiger charge is 2.19. The lowest BCUT2D eigenvalue weighted by atomic mass is 9.95. The molecule has 17 heavy (non-hydrogen) atoms. The molecule has 2 rings (SSSR count). The van der Waals surface area contributed by atoms with E-state index in [0.717, 1.165) is 5.56 Å². The molecule has 1 heterocycles. The zero-order valence-electron chi connectivity index (χ0n) is 10.2. The van der Waals surface area contributed by atoms with Gasteiger partial charge < -0.3 is 15.8 Å². The molecule has 0 radical (unpaired) electrons. The number of carbonyl (C=O) groups is 1. The maximum Gasteiger partial charge on any atom is 0.255 e. The minimum Gasteiger partial charge on any atom is -0.491 e. The number of benzene rings is 1. The highest BCUT2D eigenvalue weighted by molar-refractivity contribution is 5.97. The molecule has 1 amide bonds. The van der Waals surface area contributed by atoms with Gasteiger partial charge in [0.05, 0.1) is 12.1 Å². The average molecular weight is 234 g/mol. The minimum absolute atomic E-state index is 0.0589. The Kier molecular flexibility index (Phi) is 3.33. The highest BCUT2D eigenvalue weighted by Crippen LogP contribution is 2.26. The van der Waals surface area contributed by atoms with Crippen LogP contribution >= 0.6 is 0 Å². The van der Waals surface area contributed by atoms with E-state index in [-0.39, 0.29) is 11.9 Å². The van der Waals surface area contributed by atoms with Crippen molar-refractivity contribution in [2.75, 3.05) is 13.2 Å². The fourth-order valence-corrected chi connectivity index (χ4v) is 1.86. The second-order valence-electron chi connectivity index (χ2n) is 4.63. The smallest absolute Gasteiger partial charge is 0.255 e. The molecule has 0 aromatic heterocycles. The Hall–Kier alpha value is -1.55. The molecule has 1 unspecified atom stereocenters. The van der Waals surface area contributed by atoms with Crippen LogP contribution < -0.4 is 15.8 Å². The van der Waals surface area contributed by atoms with Crippen molar-refractivity contribution in [3.05, 3.63) is 29.3 Å². The van der Waals surface area contributed by atoms with E-state index >= 15 is 0 Å². The van der Waals surface area contributed by atoms with Crippen LogP contribution in [0.15, 0.2) is 18.2 Å². The van der Waals surface area contributed by atoms with Gasteiger partial charge in [-0.3, -0.25) is 4.79 Å². The number of rotatable bonds is 2. The summed E-state index contributed by atoms with van der Waals surface area (Å²) in [6, 6.07) is 5.54. The number of ether oxygens (including phenoxy) is 1. The van der Waals surface area contributed by atoms with Gasteiger partial charge >= 0.3 is 0 Å². The third-order valence-corrected chi connectivity index (χ3v) is 3.00. The number of fused-ring (bicyclic) bond motifs is 1. The fourth-order valence-electron chi connectivity index (χ4n) is 1.86. The maximum atomic E-state index is 11.8. The third-order valence-electron chi connectivity index (χ3n) is 3.00. The molecule has 0 bridgehead atoms. The molecule has 1 aliphatic rings. The monoisotopic (exact) mass is 234 g/mol. The molecule has 0 fully saturated rings. The van der Waals surface area contributed by atoms with Crippen molar-refractivity contribution in [2.24, 2.45) is 11.7 Å². The predicted molar refractivity (Wildman–Crippen MR) is 66.0 cm³/mol. The summed E-state index contributed by atoms with van der Waals surface area (Å²) in [7, 11) is 0. The van der Waals surface area contributed by atoms with Gasteiger partial charge in [0.25, 0.3) is 5.91 Å². The first-order chi connectivity index (χ1) is 8.09. The van der Waals surface area contributed by atoms with E-state index in [1.54, 1.807) is 0 Å². The molecule has 92 valence electrons. The van der Waals surface area contributed by atoms with Gasteiger partial charge in [0, 0.05) is 6.04 Å². The van der Waals surface area contributed by atoms with Gasteiger partial charge in [-0.25, -0.2) is 0 Å². The summed E-state index contributed by atoms with van der Waals surface area (Å²) in [5.74, 6) is 0.887. The van der Waals surface area contributed by atoms with Crippen molar-refractivity contribution in [3.8, 4) is 5.75 Å². The van der Waals surface area contributed by atoms with Crippen molar-refractivity contribution in [1.29, 1.82) is 0 Å². The maximum absolute atomic E-state index is 11.8. The van der Waals surface area contributed by atoms with E-state index in [1.807, 2.05) is 18.2 Å². The van der Waals surface area contributed by atoms with E-state index in [0.29, 0.717) is 30.4 Å². The molecular formula is C13H18N2O2. The third kappa shape index (κ3) is 2.42. The number of nitrogens with two attached hydrogens (primary N) is 1. The summed E-state index contributed by atoms with van der Waals surface area (Å²) < 4.78 is 5.49. The summed E-state index contributed by atoms with van der Waals surface area (Å²) in [4.78, 5) is 11.8. The summed E-state index contributed by atoms with van der Waals surface area (Å²) in [6.07, 6.45) is 0. The predicted octanol–water partition coefficient (Wildman–Crippen LogP) is 1.46. The number of amides is 1. The van der Waals surface area contributed by atoms with Crippen LogP contribution in [-0.2, 0) is 0 Å². The number of carbonyl (C=O) groups excluding carboxylic acids is 1. The Balaban J connectivity index is 2.38. The molecule has 0 saturated carbocycles. The van der Waals surface area contributed by atoms with Gasteiger partial charge in [0.15, 0.2) is 0 Å². The highest BCUT2D eigenvalue weighted by atomic mass is 16.5. The second-order valence-corrected chi connectivity index (χ2v) is 4.63. The standard InChI is InChI=1S/C13H18N2O2/c1-8(2)12(14)9-3-4-11-10(7-9)13(16)15-5-6-17-11/h3-4,7-8,12H,5-6,14H2,1-2H3,(H,15,16). The first-order valence-corrected chi connectivity index (χ1v) is 5.90. The van der Waals surface area contributed by atoms with E-state index in [1.165, 1.54) is 0 Å². The van der Waals surface area contributed by atoms with Crippen LogP contribution in [0.5, 0.6) is 5.75 Å². The van der Waals surface area contributed by atoms with Crippen LogP contribution in [0.4, 0.5) is 0 Å². The summed E-state index contributed by atoms with van der Waals surface area (Å²) in [6.45, 7) is 5.17. The van der Waals surface area contributed by atoms with Crippen LogP contribution in [0.1, 0.15) is 35.8 Å². The molecule has 3 N–H and O–H groups in total. The van der Waals surface area contributed by atoms with Crippen molar-refractivity contribution >= 4 is 5.91 Å². The van der Waals surface area contributed by atoms with Gasteiger partial charge in [0.2, 0.25) is 0 Å². The Labute approximate surface area is 101 Å². The van der Waals surface area contributed by atoms with E-state index in [2.05, 4.69) is 19.2 Å². The van der Waals surface area contributed by atoms with Crippen molar-refractivity contribution in [3.63, 3.8) is 0 Å². The molecule has 0 aliphatic carbocycles. The van der Waals surface area contributed by atoms with Gasteiger partial charge in [-0.05, 0) is 23.6 Å². The lowest BCUT2D eigenvalue weighted by Crippen LogP contribution is -2.24. The van der Waals surface area contributed by atoms with Gasteiger partial charge in [-0.2, -0.15) is 0 Å². The van der Waals surface area contributed by atoms with E-state index < -0.39 is 0 Å². The molecule has 1 aromatic carbocycles. The molecule has 0 saturated heterocycles. The summed E-state index contributed by atoms with van der Waals surface area (Å²) >= 11 is 0. The first kappa shape index (κ1) is 11.9. The molecule has 1 aromatic rings. The molecule has 1 aliphatic heterocycles. The van der Waals surface area contributed by atoms with Crippen molar-refractivity contribution in [2.45, 2.75) is 19.9 Å². The topological polar surface area (TPSA) is 64.4 Å². The molecule has 4 nitrogen and oxygen atoms in total. The van der Waals surface area contributed by atoms with Crippen molar-refractivity contribution in [1.82, 2.24) is 5.32 Å². The molecule has 0 spiro atoms. The SMILES string of the molecule is CC(C)C(N)c1ccc2c(c1)C(=O)NCCO2. The number of hydrogen-bond acceptors (Lipinski definition) is 3. The minimum atomic E-state index is -0.0877. The summed E-state index contributed by atoms with van der Waals surface area (Å²) in [5, 5.41) is 2.79. The second kappa shape index (κ2) is 4.75. The fraction of sp³-hybridized carbons (Fsp3) is 0.462. The Morgan fingerprint density at radius 3 is 2.88 bits per heavy atom. The normalized spacial score (nSPS) is 16.8. The van der Waals surface area contributed by atoms with Crippen LogP contribution in [-0.4, -0.2) is 19.1 Å². The largest absolute Gasteiger partial charge is 0.491 e. The quantitative estimate of drug-likeness (QED) is 0.814. The molecule has 4 heteroatoms. The van der Waals surface area contributed by atoms with Crippen molar-refractivity contribution < 1.29 is 9.53 Å². The average Bonchev–Trinajstić information content (AvgIpc) is 2.50. The van der Waals surface area contributed by atoms with Crippen LogP contribution in [0.3, 0.4) is 0 Å². The lowest BCUT2D eigenvalue weighted by molar-refractivity contribution is 0.0957.